The number of ketones is 1. The molecule has 27 heavy (non-hydrogen) atoms. The van der Waals surface area contributed by atoms with Gasteiger partial charge in [0.15, 0.2) is 12.4 Å². The van der Waals surface area contributed by atoms with Crippen LogP contribution in [0.2, 0.25) is 0 Å². The Balaban J connectivity index is 1.55. The minimum atomic E-state index is -0.702. The topological polar surface area (TPSA) is 76.2 Å². The van der Waals surface area contributed by atoms with Crippen molar-refractivity contribution in [3.05, 3.63) is 94.3 Å². The smallest absolute Gasteiger partial charge is 0.339 e. The zero-order valence-electron chi connectivity index (χ0n) is 14.3. The molecule has 0 aliphatic heterocycles. The molecule has 1 aromatic heterocycles. The number of rotatable bonds is 4. The number of nitrogens with one attached hydrogen (secondary N) is 1. The number of pyridine rings is 1. The van der Waals surface area contributed by atoms with Gasteiger partial charge in [0.25, 0.3) is 0 Å². The van der Waals surface area contributed by atoms with Gasteiger partial charge in [-0.2, -0.15) is 0 Å². The fourth-order valence-electron chi connectivity index (χ4n) is 3.03. The van der Waals surface area contributed by atoms with E-state index in [2.05, 4.69) is 4.98 Å². The van der Waals surface area contributed by atoms with Gasteiger partial charge < -0.3 is 9.72 Å². The van der Waals surface area contributed by atoms with E-state index in [1.165, 1.54) is 6.07 Å². The summed E-state index contributed by atoms with van der Waals surface area (Å²) in [4.78, 5) is 39.3. The lowest BCUT2D eigenvalue weighted by Gasteiger charge is -2.07. The van der Waals surface area contributed by atoms with Gasteiger partial charge >= 0.3 is 5.97 Å². The highest BCUT2D eigenvalue weighted by Gasteiger charge is 2.15. The summed E-state index contributed by atoms with van der Waals surface area (Å²) < 4.78 is 5.18. The molecule has 5 heteroatoms. The van der Waals surface area contributed by atoms with Gasteiger partial charge in [0.2, 0.25) is 5.56 Å². The highest BCUT2D eigenvalue weighted by Crippen LogP contribution is 2.17. The standard InChI is InChI=1S/C22H15NO4/c24-20(16-10-9-14-5-1-2-6-15(14)11-16)13-27-22(26)18-12-21(25)23-19-8-4-3-7-17(18)19/h1-12H,13H2,(H,23,25). The molecule has 132 valence electrons. The number of benzene rings is 3. The Hall–Kier alpha value is -3.73. The van der Waals surface area contributed by atoms with E-state index < -0.39 is 18.1 Å². The van der Waals surface area contributed by atoms with Gasteiger partial charge in [0.1, 0.15) is 0 Å². The predicted octanol–water partition coefficient (Wildman–Crippen LogP) is 3.72. The number of para-hydroxylation sites is 1. The Labute approximate surface area is 154 Å². The van der Waals surface area contributed by atoms with Crippen molar-refractivity contribution < 1.29 is 14.3 Å². The SMILES string of the molecule is O=C(COC(=O)c1cc(=O)[nH]c2ccccc12)c1ccc2ccccc2c1. The van der Waals surface area contributed by atoms with E-state index in [9.17, 15) is 14.4 Å². The second-order valence-corrected chi connectivity index (χ2v) is 6.15. The van der Waals surface area contributed by atoms with Gasteiger partial charge in [-0.3, -0.25) is 9.59 Å². The van der Waals surface area contributed by atoms with Crippen molar-refractivity contribution >= 4 is 33.4 Å². The van der Waals surface area contributed by atoms with Crippen LogP contribution in [0.5, 0.6) is 0 Å². The van der Waals surface area contributed by atoms with Crippen molar-refractivity contribution in [3.63, 3.8) is 0 Å². The number of carbonyl (C=O) groups is 2. The van der Waals surface area contributed by atoms with E-state index in [1.54, 1.807) is 36.4 Å². The Morgan fingerprint density at radius 3 is 2.44 bits per heavy atom. The number of hydrogen-bond donors (Lipinski definition) is 1. The van der Waals surface area contributed by atoms with Crippen LogP contribution in [-0.2, 0) is 4.74 Å². The molecule has 0 radical (unpaired) electrons. The summed E-state index contributed by atoms with van der Waals surface area (Å²) in [6.07, 6.45) is 0. The van der Waals surface area contributed by atoms with Crippen LogP contribution in [0.25, 0.3) is 21.7 Å². The van der Waals surface area contributed by atoms with Gasteiger partial charge in [0, 0.05) is 22.5 Å². The molecule has 0 atom stereocenters. The van der Waals surface area contributed by atoms with Crippen molar-refractivity contribution in [1.29, 1.82) is 0 Å². The van der Waals surface area contributed by atoms with Crippen LogP contribution in [-0.4, -0.2) is 23.3 Å². The molecule has 5 nitrogen and oxygen atoms in total. The first-order chi connectivity index (χ1) is 13.1. The van der Waals surface area contributed by atoms with E-state index in [-0.39, 0.29) is 11.3 Å². The van der Waals surface area contributed by atoms with E-state index >= 15 is 0 Å². The maximum Gasteiger partial charge on any atom is 0.339 e. The summed E-state index contributed by atoms with van der Waals surface area (Å²) in [5.74, 6) is -1.00. The number of H-pyrrole nitrogens is 1. The first-order valence-electron chi connectivity index (χ1n) is 8.43. The number of fused-ring (bicyclic) bond motifs is 2. The number of esters is 1. The number of aromatic nitrogens is 1. The summed E-state index contributed by atoms with van der Waals surface area (Å²) >= 11 is 0. The lowest BCUT2D eigenvalue weighted by atomic mass is 10.0. The Morgan fingerprint density at radius 1 is 0.852 bits per heavy atom. The average molecular weight is 357 g/mol. The molecule has 0 aliphatic carbocycles. The quantitative estimate of drug-likeness (QED) is 0.446. The first-order valence-corrected chi connectivity index (χ1v) is 8.43. The summed E-state index contributed by atoms with van der Waals surface area (Å²) in [6.45, 7) is -0.391. The fraction of sp³-hybridized carbons (Fsp3) is 0.0455. The number of hydrogen-bond acceptors (Lipinski definition) is 4. The van der Waals surface area contributed by atoms with Crippen LogP contribution in [0.3, 0.4) is 0 Å². The molecule has 3 aromatic carbocycles. The van der Waals surface area contributed by atoms with Crippen LogP contribution < -0.4 is 5.56 Å². The average Bonchev–Trinajstić information content (AvgIpc) is 2.70. The normalized spacial score (nSPS) is 10.8. The van der Waals surface area contributed by atoms with E-state index in [0.29, 0.717) is 16.5 Å². The first kappa shape index (κ1) is 16.7. The molecule has 0 aliphatic rings. The van der Waals surface area contributed by atoms with Crippen LogP contribution in [0.1, 0.15) is 20.7 Å². The zero-order chi connectivity index (χ0) is 18.8. The van der Waals surface area contributed by atoms with E-state index in [0.717, 1.165) is 10.8 Å². The van der Waals surface area contributed by atoms with Crippen molar-refractivity contribution in [2.45, 2.75) is 0 Å². The highest BCUT2D eigenvalue weighted by atomic mass is 16.5. The molecule has 0 bridgehead atoms. The fourth-order valence-corrected chi connectivity index (χ4v) is 3.03. The van der Waals surface area contributed by atoms with Crippen LogP contribution >= 0.6 is 0 Å². The molecule has 0 fully saturated rings. The van der Waals surface area contributed by atoms with Crippen molar-refractivity contribution in [2.75, 3.05) is 6.61 Å². The van der Waals surface area contributed by atoms with E-state index in [1.807, 2.05) is 30.3 Å². The molecule has 0 amide bonds. The second kappa shape index (κ2) is 6.88. The van der Waals surface area contributed by atoms with Gasteiger partial charge in [-0.25, -0.2) is 4.79 Å². The van der Waals surface area contributed by atoms with Gasteiger partial charge in [-0.05, 0) is 22.9 Å². The molecule has 1 heterocycles. The lowest BCUT2D eigenvalue weighted by Crippen LogP contribution is -2.17. The number of aromatic amines is 1. The molecular weight excluding hydrogens is 342 g/mol. The molecule has 1 N–H and O–H groups in total. The third-order valence-corrected chi connectivity index (χ3v) is 4.38. The summed E-state index contributed by atoms with van der Waals surface area (Å²) in [7, 11) is 0. The minimum absolute atomic E-state index is 0.140. The molecule has 0 saturated heterocycles. The van der Waals surface area contributed by atoms with Crippen molar-refractivity contribution in [2.24, 2.45) is 0 Å². The zero-order valence-corrected chi connectivity index (χ0v) is 14.3. The summed E-state index contributed by atoms with van der Waals surface area (Å²) in [6, 6.07) is 21.2. The predicted molar refractivity (Wildman–Crippen MR) is 103 cm³/mol. The monoisotopic (exact) mass is 357 g/mol. The molecule has 0 unspecified atom stereocenters. The summed E-state index contributed by atoms with van der Waals surface area (Å²) in [5.41, 5.74) is 0.747. The molecule has 4 rings (SSSR count). The van der Waals surface area contributed by atoms with Crippen molar-refractivity contribution in [1.82, 2.24) is 4.98 Å². The Bertz CT molecular complexity index is 1240. The molecule has 0 saturated carbocycles. The highest BCUT2D eigenvalue weighted by molar-refractivity contribution is 6.05. The van der Waals surface area contributed by atoms with E-state index in [4.69, 9.17) is 4.74 Å². The Morgan fingerprint density at radius 2 is 1.59 bits per heavy atom. The third-order valence-electron chi connectivity index (χ3n) is 4.38. The maximum absolute atomic E-state index is 12.4. The Kier molecular flexibility index (Phi) is 4.26. The van der Waals surface area contributed by atoms with Crippen molar-refractivity contribution in [3.8, 4) is 0 Å². The lowest BCUT2D eigenvalue weighted by molar-refractivity contribution is 0.0476. The van der Waals surface area contributed by atoms with Gasteiger partial charge in [-0.1, -0.05) is 54.6 Å². The van der Waals surface area contributed by atoms with Crippen LogP contribution in [0, 0.1) is 0 Å². The number of carbonyl (C=O) groups excluding carboxylic acids is 2. The molecular formula is C22H15NO4. The van der Waals surface area contributed by atoms with Gasteiger partial charge in [0.05, 0.1) is 5.56 Å². The van der Waals surface area contributed by atoms with Crippen LogP contribution in [0.4, 0.5) is 0 Å². The number of ether oxygens (including phenoxy) is 1. The van der Waals surface area contributed by atoms with Gasteiger partial charge in [-0.15, -0.1) is 0 Å². The number of Topliss-reactive ketones (excluding diaryl/α,β-unsaturated/α-hetero) is 1. The van der Waals surface area contributed by atoms with Crippen LogP contribution in [0.15, 0.2) is 77.6 Å². The molecule has 0 spiro atoms. The maximum atomic E-state index is 12.4. The minimum Gasteiger partial charge on any atom is -0.454 e. The summed E-state index contributed by atoms with van der Waals surface area (Å²) in [5, 5.41) is 2.54. The largest absolute Gasteiger partial charge is 0.454 e. The third kappa shape index (κ3) is 3.35. The second-order valence-electron chi connectivity index (χ2n) is 6.15. The molecule has 4 aromatic rings.